The molecule has 1 aromatic rings. The van der Waals surface area contributed by atoms with Gasteiger partial charge in [0.15, 0.2) is 0 Å². The number of primary amides is 1. The second-order valence-corrected chi connectivity index (χ2v) is 6.20. The van der Waals surface area contributed by atoms with Gasteiger partial charge in [0.2, 0.25) is 5.91 Å². The van der Waals surface area contributed by atoms with Gasteiger partial charge in [-0.2, -0.15) is 0 Å². The number of hydrogen-bond acceptors (Lipinski definition) is 5. The summed E-state index contributed by atoms with van der Waals surface area (Å²) < 4.78 is 24.2. The normalized spacial score (nSPS) is 11.3. The largest absolute Gasteiger partial charge is 0.478 e. The number of carbonyl (C=O) groups is 2. The van der Waals surface area contributed by atoms with Gasteiger partial charge in [-0.15, -0.1) is 0 Å². The molecule has 1 rings (SSSR count). The summed E-state index contributed by atoms with van der Waals surface area (Å²) in [6.07, 6.45) is 0. The summed E-state index contributed by atoms with van der Waals surface area (Å²) in [6, 6.07) is 2.26. The Kier molecular flexibility index (Phi) is 5.22. The van der Waals surface area contributed by atoms with Crippen LogP contribution in [-0.4, -0.2) is 32.0 Å². The van der Waals surface area contributed by atoms with Crippen LogP contribution in [0.15, 0.2) is 21.5 Å². The van der Waals surface area contributed by atoms with Gasteiger partial charge in [-0.05, 0) is 24.6 Å². The first kappa shape index (κ1) is 16.6. The number of sulfonamides is 1. The molecule has 1 aromatic carbocycles. The second kappa shape index (κ2) is 6.31. The number of nitrogens with two attached hydrogens (primary N) is 1. The maximum Gasteiger partial charge on any atom is 0.335 e. The zero-order valence-electron chi connectivity index (χ0n) is 10.2. The van der Waals surface area contributed by atoms with Crippen molar-refractivity contribution in [1.29, 1.82) is 0 Å². The number of hydrogen-bond donors (Lipinski definition) is 3. The Morgan fingerprint density at radius 3 is 2.55 bits per heavy atom. The molecule has 0 saturated heterocycles. The Balaban J connectivity index is 3.17. The molecule has 1 amide bonds. The quantitative estimate of drug-likeness (QED) is 0.613. The predicted octanol–water partition coefficient (Wildman–Crippen LogP) is 0.151. The Labute approximate surface area is 123 Å². The first-order chi connectivity index (χ1) is 9.15. The lowest BCUT2D eigenvalue weighted by atomic mass is 10.1. The summed E-state index contributed by atoms with van der Waals surface area (Å²) in [4.78, 5) is 27.2. The molecule has 0 aromatic heterocycles. The van der Waals surface area contributed by atoms with E-state index in [1.807, 2.05) is 0 Å². The van der Waals surface area contributed by atoms with E-state index in [9.17, 15) is 18.0 Å². The first-order valence-electron chi connectivity index (χ1n) is 5.10. The van der Waals surface area contributed by atoms with Crippen molar-refractivity contribution in [2.24, 2.45) is 5.73 Å². The SMILES string of the molecule is Cc1c(Br)cc(C(=O)O)cc1S(=O)(=O)NOCC(N)=O. The van der Waals surface area contributed by atoms with Crippen LogP contribution in [0.1, 0.15) is 15.9 Å². The molecule has 4 N–H and O–H groups in total. The molecular weight excluding hydrogens is 356 g/mol. The van der Waals surface area contributed by atoms with Crippen LogP contribution in [0.4, 0.5) is 0 Å². The van der Waals surface area contributed by atoms with Crippen LogP contribution in [0.25, 0.3) is 0 Å². The Morgan fingerprint density at radius 1 is 1.45 bits per heavy atom. The molecule has 110 valence electrons. The lowest BCUT2D eigenvalue weighted by Crippen LogP contribution is -2.30. The van der Waals surface area contributed by atoms with Crippen LogP contribution in [-0.2, 0) is 19.7 Å². The van der Waals surface area contributed by atoms with Crippen molar-refractivity contribution in [2.45, 2.75) is 11.8 Å². The molecule has 0 aliphatic carbocycles. The number of carboxylic acids is 1. The molecule has 0 unspecified atom stereocenters. The third-order valence-corrected chi connectivity index (χ3v) is 4.38. The van der Waals surface area contributed by atoms with Gasteiger partial charge in [0, 0.05) is 4.47 Å². The summed E-state index contributed by atoms with van der Waals surface area (Å²) in [7, 11) is -4.14. The van der Waals surface area contributed by atoms with Gasteiger partial charge in [0.05, 0.1) is 10.5 Å². The van der Waals surface area contributed by atoms with E-state index in [-0.39, 0.29) is 10.5 Å². The fourth-order valence-electron chi connectivity index (χ4n) is 1.28. The number of rotatable bonds is 6. The van der Waals surface area contributed by atoms with Crippen LogP contribution >= 0.6 is 15.9 Å². The highest BCUT2D eigenvalue weighted by Crippen LogP contribution is 2.25. The molecule has 0 heterocycles. The minimum absolute atomic E-state index is 0.210. The third kappa shape index (κ3) is 4.00. The molecule has 10 heteroatoms. The highest BCUT2D eigenvalue weighted by molar-refractivity contribution is 9.10. The summed E-state index contributed by atoms with van der Waals surface area (Å²) in [5.74, 6) is -2.13. The third-order valence-electron chi connectivity index (χ3n) is 2.22. The Hall–Kier alpha value is -1.49. The molecule has 0 aliphatic rings. The van der Waals surface area contributed by atoms with E-state index in [0.717, 1.165) is 6.07 Å². The van der Waals surface area contributed by atoms with Crippen molar-refractivity contribution in [2.75, 3.05) is 6.61 Å². The lowest BCUT2D eigenvalue weighted by Gasteiger charge is -2.11. The number of amides is 1. The number of carboxylic acid groups (broad SMARTS) is 1. The van der Waals surface area contributed by atoms with E-state index >= 15 is 0 Å². The van der Waals surface area contributed by atoms with E-state index in [2.05, 4.69) is 20.8 Å². The fourth-order valence-corrected chi connectivity index (χ4v) is 2.97. The molecule has 20 heavy (non-hydrogen) atoms. The number of benzene rings is 1. The van der Waals surface area contributed by atoms with Crippen molar-refractivity contribution in [1.82, 2.24) is 4.89 Å². The molecular formula is C10H11BrN2O6S. The Bertz CT molecular complexity index is 658. The summed E-state index contributed by atoms with van der Waals surface area (Å²) in [5, 5.41) is 8.91. The first-order valence-corrected chi connectivity index (χ1v) is 7.38. The zero-order valence-corrected chi connectivity index (χ0v) is 12.6. The topological polar surface area (TPSA) is 136 Å². The van der Waals surface area contributed by atoms with Gasteiger partial charge in [0.1, 0.15) is 6.61 Å². The maximum absolute atomic E-state index is 12.0. The lowest BCUT2D eigenvalue weighted by molar-refractivity contribution is -0.123. The van der Waals surface area contributed by atoms with E-state index in [4.69, 9.17) is 10.8 Å². The number of carbonyl (C=O) groups excluding carboxylic acids is 1. The molecule has 0 spiro atoms. The standard InChI is InChI=1S/C10H11BrN2O6S/c1-5-7(11)2-6(10(15)16)3-8(5)20(17,18)13-19-4-9(12)14/h2-3,13H,4H2,1H3,(H2,12,14)(H,15,16). The van der Waals surface area contributed by atoms with E-state index < -0.39 is 28.5 Å². The van der Waals surface area contributed by atoms with Gasteiger partial charge in [0.25, 0.3) is 10.0 Å². The highest BCUT2D eigenvalue weighted by atomic mass is 79.9. The molecule has 0 aliphatic heterocycles. The van der Waals surface area contributed by atoms with Gasteiger partial charge in [-0.1, -0.05) is 20.8 Å². The second-order valence-electron chi connectivity index (χ2n) is 3.73. The summed E-state index contributed by atoms with van der Waals surface area (Å²) in [5.41, 5.74) is 4.88. The van der Waals surface area contributed by atoms with Crippen LogP contribution in [0.2, 0.25) is 0 Å². The molecule has 0 radical (unpaired) electrons. The van der Waals surface area contributed by atoms with Crippen LogP contribution < -0.4 is 10.6 Å². The van der Waals surface area contributed by atoms with Crippen molar-refractivity contribution >= 4 is 37.8 Å². The van der Waals surface area contributed by atoms with Gasteiger partial charge < -0.3 is 10.8 Å². The van der Waals surface area contributed by atoms with E-state index in [1.165, 1.54) is 13.0 Å². The van der Waals surface area contributed by atoms with Crippen LogP contribution in [0, 0.1) is 6.92 Å². The molecule has 8 nitrogen and oxygen atoms in total. The van der Waals surface area contributed by atoms with Crippen molar-refractivity contribution < 1.29 is 28.0 Å². The zero-order chi connectivity index (χ0) is 15.5. The maximum atomic E-state index is 12.0. The number of halogens is 1. The average Bonchev–Trinajstić information content (AvgIpc) is 2.31. The van der Waals surface area contributed by atoms with Gasteiger partial charge in [-0.25, -0.2) is 13.2 Å². The molecule has 0 fully saturated rings. The van der Waals surface area contributed by atoms with E-state index in [0.29, 0.717) is 10.0 Å². The monoisotopic (exact) mass is 366 g/mol. The van der Waals surface area contributed by atoms with Crippen molar-refractivity contribution in [3.8, 4) is 0 Å². The van der Waals surface area contributed by atoms with Crippen LogP contribution in [0.5, 0.6) is 0 Å². The molecule has 0 atom stereocenters. The minimum atomic E-state index is -4.14. The van der Waals surface area contributed by atoms with E-state index in [1.54, 1.807) is 4.89 Å². The summed E-state index contributed by atoms with van der Waals surface area (Å²) >= 11 is 3.08. The number of aromatic carboxylic acids is 1. The van der Waals surface area contributed by atoms with Gasteiger partial charge >= 0.3 is 5.97 Å². The number of nitrogens with one attached hydrogen (secondary N) is 1. The smallest absolute Gasteiger partial charge is 0.335 e. The van der Waals surface area contributed by atoms with Crippen LogP contribution in [0.3, 0.4) is 0 Å². The highest BCUT2D eigenvalue weighted by Gasteiger charge is 2.21. The van der Waals surface area contributed by atoms with Crippen molar-refractivity contribution in [3.05, 3.63) is 27.7 Å². The minimum Gasteiger partial charge on any atom is -0.478 e. The molecule has 0 bridgehead atoms. The predicted molar refractivity (Wildman–Crippen MR) is 71.3 cm³/mol. The van der Waals surface area contributed by atoms with Gasteiger partial charge in [-0.3, -0.25) is 9.63 Å². The Morgan fingerprint density at radius 2 is 2.05 bits per heavy atom. The fraction of sp³-hybridized carbons (Fsp3) is 0.200. The van der Waals surface area contributed by atoms with Crippen molar-refractivity contribution in [3.63, 3.8) is 0 Å². The average molecular weight is 367 g/mol. The molecule has 0 saturated carbocycles. The summed E-state index contributed by atoms with van der Waals surface area (Å²) in [6.45, 7) is 0.844.